The lowest BCUT2D eigenvalue weighted by Crippen LogP contribution is -2.32. The molecule has 98 valence electrons. The molecule has 16 heavy (non-hydrogen) atoms. The smallest absolute Gasteiger partial charge is 0.290 e. The second-order valence-electron chi connectivity index (χ2n) is 4.07. The molecule has 0 aromatic rings. The summed E-state index contributed by atoms with van der Waals surface area (Å²) in [6.07, 6.45) is 3.91. The van der Waals surface area contributed by atoms with E-state index in [1.165, 1.54) is 32.4 Å². The van der Waals surface area contributed by atoms with Crippen molar-refractivity contribution in [2.75, 3.05) is 20.1 Å². The highest BCUT2D eigenvalue weighted by molar-refractivity contribution is 5.32. The quantitative estimate of drug-likeness (QED) is 0.712. The number of likely N-dealkylation sites (tertiary alicyclic amines) is 1. The van der Waals surface area contributed by atoms with Gasteiger partial charge in [0.15, 0.2) is 0 Å². The molecule has 4 heteroatoms. The predicted octanol–water partition coefficient (Wildman–Crippen LogP) is 1.79. The van der Waals surface area contributed by atoms with Gasteiger partial charge in [0.25, 0.3) is 6.47 Å². The third-order valence-corrected chi connectivity index (χ3v) is 2.54. The largest absolute Gasteiger partial charge is 0.483 e. The first-order chi connectivity index (χ1) is 7.60. The van der Waals surface area contributed by atoms with Crippen molar-refractivity contribution in [2.24, 2.45) is 11.7 Å². The molecule has 0 aromatic heterocycles. The lowest BCUT2D eigenvalue weighted by atomic mass is 9.91. The van der Waals surface area contributed by atoms with Gasteiger partial charge in [0, 0.05) is 6.04 Å². The van der Waals surface area contributed by atoms with Gasteiger partial charge in [0.1, 0.15) is 0 Å². The van der Waals surface area contributed by atoms with E-state index in [1.54, 1.807) is 0 Å². The molecule has 0 bridgehead atoms. The SMILES string of the molecule is CC.CC(N)CC1CCN(C)CC1.O=CO. The summed E-state index contributed by atoms with van der Waals surface area (Å²) in [6.45, 7) is 8.38. The molecule has 1 aliphatic rings. The Hall–Kier alpha value is -0.610. The van der Waals surface area contributed by atoms with Gasteiger partial charge < -0.3 is 15.7 Å². The Morgan fingerprint density at radius 3 is 2.12 bits per heavy atom. The molecule has 3 N–H and O–H groups in total. The topological polar surface area (TPSA) is 66.6 Å². The fourth-order valence-electron chi connectivity index (χ4n) is 1.82. The number of carboxylic acid groups (broad SMARTS) is 1. The third kappa shape index (κ3) is 11.5. The molecule has 0 aromatic carbocycles. The molecular formula is C12H28N2O2. The Kier molecular flexibility index (Phi) is 13.8. The van der Waals surface area contributed by atoms with Gasteiger partial charge in [-0.15, -0.1) is 0 Å². The van der Waals surface area contributed by atoms with Gasteiger partial charge in [-0.05, 0) is 52.2 Å². The number of nitrogens with zero attached hydrogens (tertiary/aromatic N) is 1. The number of hydrogen-bond acceptors (Lipinski definition) is 3. The van der Waals surface area contributed by atoms with Crippen LogP contribution in [0.5, 0.6) is 0 Å². The van der Waals surface area contributed by atoms with E-state index in [9.17, 15) is 0 Å². The van der Waals surface area contributed by atoms with E-state index < -0.39 is 0 Å². The van der Waals surface area contributed by atoms with E-state index in [1.807, 2.05) is 13.8 Å². The van der Waals surface area contributed by atoms with Crippen LogP contribution in [0.1, 0.15) is 40.0 Å². The highest BCUT2D eigenvalue weighted by Crippen LogP contribution is 2.19. The van der Waals surface area contributed by atoms with E-state index in [0.29, 0.717) is 6.04 Å². The number of piperidine rings is 1. The van der Waals surface area contributed by atoms with Gasteiger partial charge >= 0.3 is 0 Å². The minimum atomic E-state index is -0.250. The first kappa shape index (κ1) is 17.8. The molecule has 0 saturated carbocycles. The molecule has 1 heterocycles. The Morgan fingerprint density at radius 1 is 1.44 bits per heavy atom. The lowest BCUT2D eigenvalue weighted by Gasteiger charge is -2.29. The molecule has 0 radical (unpaired) electrons. The maximum absolute atomic E-state index is 8.36. The van der Waals surface area contributed by atoms with E-state index in [4.69, 9.17) is 15.6 Å². The summed E-state index contributed by atoms with van der Waals surface area (Å²) >= 11 is 0. The summed E-state index contributed by atoms with van der Waals surface area (Å²) in [7, 11) is 2.20. The van der Waals surface area contributed by atoms with Crippen molar-refractivity contribution >= 4 is 6.47 Å². The van der Waals surface area contributed by atoms with Crippen LogP contribution < -0.4 is 5.73 Å². The normalized spacial score (nSPS) is 18.6. The van der Waals surface area contributed by atoms with E-state index in [-0.39, 0.29) is 6.47 Å². The van der Waals surface area contributed by atoms with Crippen LogP contribution in [-0.2, 0) is 4.79 Å². The van der Waals surface area contributed by atoms with Crippen molar-refractivity contribution in [2.45, 2.75) is 46.1 Å². The Balaban J connectivity index is 0. The average Bonchev–Trinajstić information content (AvgIpc) is 2.25. The van der Waals surface area contributed by atoms with Crippen molar-refractivity contribution in [3.63, 3.8) is 0 Å². The molecular weight excluding hydrogens is 204 g/mol. The standard InChI is InChI=1S/C9H20N2.C2H6.CH2O2/c1-8(10)7-9-3-5-11(2)6-4-9;1-2;2-1-3/h8-9H,3-7,10H2,1-2H3;1-2H3;1H,(H,2,3). The summed E-state index contributed by atoms with van der Waals surface area (Å²) < 4.78 is 0. The second-order valence-corrected chi connectivity index (χ2v) is 4.07. The molecule has 1 fully saturated rings. The van der Waals surface area contributed by atoms with Crippen molar-refractivity contribution in [1.82, 2.24) is 4.90 Å². The van der Waals surface area contributed by atoms with Gasteiger partial charge in [-0.3, -0.25) is 4.79 Å². The summed E-state index contributed by atoms with van der Waals surface area (Å²) in [5, 5.41) is 6.89. The minimum Gasteiger partial charge on any atom is -0.483 e. The van der Waals surface area contributed by atoms with Gasteiger partial charge in [-0.1, -0.05) is 13.8 Å². The molecule has 1 atom stereocenters. The first-order valence-corrected chi connectivity index (χ1v) is 6.12. The van der Waals surface area contributed by atoms with Crippen LogP contribution in [-0.4, -0.2) is 42.7 Å². The van der Waals surface area contributed by atoms with Gasteiger partial charge in [-0.2, -0.15) is 0 Å². The van der Waals surface area contributed by atoms with Crippen LogP contribution in [0.2, 0.25) is 0 Å². The molecule has 0 amide bonds. The molecule has 1 unspecified atom stereocenters. The van der Waals surface area contributed by atoms with Crippen LogP contribution in [0, 0.1) is 5.92 Å². The third-order valence-electron chi connectivity index (χ3n) is 2.54. The fourth-order valence-corrected chi connectivity index (χ4v) is 1.82. The first-order valence-electron chi connectivity index (χ1n) is 6.12. The number of hydrogen-bond donors (Lipinski definition) is 2. The van der Waals surface area contributed by atoms with E-state index in [0.717, 1.165) is 5.92 Å². The summed E-state index contributed by atoms with van der Waals surface area (Å²) in [5.74, 6) is 0.895. The molecule has 4 nitrogen and oxygen atoms in total. The van der Waals surface area contributed by atoms with Crippen LogP contribution in [0.25, 0.3) is 0 Å². The second kappa shape index (κ2) is 12.5. The molecule has 1 rings (SSSR count). The Morgan fingerprint density at radius 2 is 1.81 bits per heavy atom. The molecule has 0 spiro atoms. The van der Waals surface area contributed by atoms with Crippen LogP contribution in [0.4, 0.5) is 0 Å². The van der Waals surface area contributed by atoms with E-state index in [2.05, 4.69) is 18.9 Å². The monoisotopic (exact) mass is 232 g/mol. The number of rotatable bonds is 2. The predicted molar refractivity (Wildman–Crippen MR) is 68.5 cm³/mol. The lowest BCUT2D eigenvalue weighted by molar-refractivity contribution is -0.122. The molecule has 1 saturated heterocycles. The van der Waals surface area contributed by atoms with Gasteiger partial charge in [-0.25, -0.2) is 0 Å². The van der Waals surface area contributed by atoms with Gasteiger partial charge in [0.05, 0.1) is 0 Å². The fraction of sp³-hybridized carbons (Fsp3) is 0.917. The maximum Gasteiger partial charge on any atom is 0.290 e. The summed E-state index contributed by atoms with van der Waals surface area (Å²) in [6, 6.07) is 0.392. The van der Waals surface area contributed by atoms with E-state index >= 15 is 0 Å². The zero-order chi connectivity index (χ0) is 13.0. The highest BCUT2D eigenvalue weighted by atomic mass is 16.3. The van der Waals surface area contributed by atoms with Crippen LogP contribution in [0.3, 0.4) is 0 Å². The van der Waals surface area contributed by atoms with Crippen molar-refractivity contribution in [3.8, 4) is 0 Å². The summed E-state index contributed by atoms with van der Waals surface area (Å²) in [5.41, 5.74) is 5.74. The minimum absolute atomic E-state index is 0.250. The van der Waals surface area contributed by atoms with Crippen LogP contribution >= 0.6 is 0 Å². The van der Waals surface area contributed by atoms with Gasteiger partial charge in [0.2, 0.25) is 0 Å². The highest BCUT2D eigenvalue weighted by Gasteiger charge is 2.17. The molecule has 0 aliphatic carbocycles. The van der Waals surface area contributed by atoms with Crippen molar-refractivity contribution < 1.29 is 9.90 Å². The zero-order valence-corrected chi connectivity index (χ0v) is 11.1. The Labute approximate surface area is 99.8 Å². The maximum atomic E-state index is 8.36. The Bertz CT molecular complexity index is 144. The number of nitrogens with two attached hydrogens (primary N) is 1. The molecule has 1 aliphatic heterocycles. The average molecular weight is 232 g/mol. The zero-order valence-electron chi connectivity index (χ0n) is 11.1. The van der Waals surface area contributed by atoms with Crippen molar-refractivity contribution in [1.29, 1.82) is 0 Å². The van der Waals surface area contributed by atoms with Crippen LogP contribution in [0.15, 0.2) is 0 Å². The number of carbonyl (C=O) groups is 1. The van der Waals surface area contributed by atoms with Crippen molar-refractivity contribution in [3.05, 3.63) is 0 Å². The summed E-state index contributed by atoms with van der Waals surface area (Å²) in [4.78, 5) is 10.8.